The van der Waals surface area contributed by atoms with Crippen molar-refractivity contribution in [3.8, 4) is 0 Å². The average molecular weight is 993 g/mol. The molecule has 17 nitrogen and oxygen atoms in total. The summed E-state index contributed by atoms with van der Waals surface area (Å²) in [6, 6.07) is 0. The van der Waals surface area contributed by atoms with E-state index in [0.29, 0.717) is 50.5 Å². The van der Waals surface area contributed by atoms with Gasteiger partial charge in [0.2, 0.25) is 0 Å². The number of hydrogen-bond acceptors (Lipinski definition) is 17. The topological polar surface area (TPSA) is 206 Å². The summed E-state index contributed by atoms with van der Waals surface area (Å²) in [5.41, 5.74) is -0.451. The number of methoxy groups -OCH3 is 3. The van der Waals surface area contributed by atoms with Crippen LogP contribution in [0.5, 0.6) is 0 Å². The molecule has 4 saturated heterocycles. The Morgan fingerprint density at radius 3 is 1.77 bits per heavy atom. The molecule has 3 N–H and O–H groups in total. The second-order valence-electron chi connectivity index (χ2n) is 22.3. The lowest BCUT2D eigenvalue weighted by Gasteiger charge is -2.63. The fraction of sp³-hybridized carbons (Fsp3) is 0.887. The maximum absolute atomic E-state index is 13.3. The molecule has 8 rings (SSSR count). The van der Waals surface area contributed by atoms with Crippen LogP contribution in [0.15, 0.2) is 23.3 Å². The molecule has 0 aromatic carbocycles. The van der Waals surface area contributed by atoms with E-state index in [1.807, 2.05) is 34.6 Å². The molecule has 12 unspecified atom stereocenters. The molecule has 70 heavy (non-hydrogen) atoms. The first kappa shape index (κ1) is 54.3. The number of carbonyl (C=O) groups is 2. The summed E-state index contributed by atoms with van der Waals surface area (Å²) in [5, 5.41) is 34.5. The van der Waals surface area contributed by atoms with E-state index >= 15 is 0 Å². The zero-order valence-corrected chi connectivity index (χ0v) is 43.6. The molecule has 24 atom stereocenters. The number of aliphatic hydroxyl groups excluding tert-OH is 2. The lowest BCUT2D eigenvalue weighted by atomic mass is 9.45. The van der Waals surface area contributed by atoms with Crippen molar-refractivity contribution in [2.45, 2.75) is 249 Å². The van der Waals surface area contributed by atoms with Crippen molar-refractivity contribution in [3.05, 3.63) is 23.3 Å². The number of ether oxygens (including phenoxy) is 12. The zero-order valence-electron chi connectivity index (χ0n) is 43.6. The number of aliphatic hydroxyl groups is 3. The van der Waals surface area contributed by atoms with Gasteiger partial charge in [-0.1, -0.05) is 31.6 Å². The third-order valence-electron chi connectivity index (χ3n) is 18.5. The Morgan fingerprint density at radius 2 is 1.21 bits per heavy atom. The van der Waals surface area contributed by atoms with Gasteiger partial charge in [-0.05, 0) is 111 Å². The van der Waals surface area contributed by atoms with Gasteiger partial charge in [0.1, 0.15) is 36.3 Å². The molecule has 0 amide bonds. The van der Waals surface area contributed by atoms with Crippen LogP contribution in [-0.4, -0.2) is 165 Å². The largest absolute Gasteiger partial charge is 0.458 e. The van der Waals surface area contributed by atoms with Crippen molar-refractivity contribution in [1.29, 1.82) is 0 Å². The molecule has 0 radical (unpaired) electrons. The predicted molar refractivity (Wildman–Crippen MR) is 252 cm³/mol. The number of Topliss-reactive ketones (excluding diaryl/α,β-unsaturated/α-hetero) is 1. The summed E-state index contributed by atoms with van der Waals surface area (Å²) < 4.78 is 75.0. The molecule has 4 aliphatic carbocycles. The normalized spacial score (nSPS) is 49.8. The van der Waals surface area contributed by atoms with Crippen LogP contribution in [0.2, 0.25) is 0 Å². The second kappa shape index (κ2) is 21.7. The Hall–Kier alpha value is -1.94. The molecule has 0 bridgehead atoms. The highest BCUT2D eigenvalue weighted by Crippen LogP contribution is 2.68. The summed E-state index contributed by atoms with van der Waals surface area (Å²) in [6.45, 7) is 16.9. The molecule has 4 heterocycles. The molecular formula is C53H84O17. The van der Waals surface area contributed by atoms with Crippen molar-refractivity contribution in [3.63, 3.8) is 0 Å². The van der Waals surface area contributed by atoms with E-state index in [9.17, 15) is 24.9 Å². The lowest BCUT2D eigenvalue weighted by molar-refractivity contribution is -0.346. The summed E-state index contributed by atoms with van der Waals surface area (Å²) in [7, 11) is 4.85. The Morgan fingerprint density at radius 1 is 0.686 bits per heavy atom. The van der Waals surface area contributed by atoms with Crippen LogP contribution in [0.3, 0.4) is 0 Å². The van der Waals surface area contributed by atoms with E-state index in [4.69, 9.17) is 56.8 Å². The minimum atomic E-state index is -1.15. The standard InChI is InChI=1S/C53H84O17/c1-13-26(2)50(57)67-41-21-36-35(53(58)19-17-34(27(3)54)52(41,53)9)15-14-32-20-33(16-18-51(32,36)8)66-43-24-39(60-11)49(30(6)64-43)70-45-25-40(61-12)48(31(7)65-45)69-42-22-37(55)47(29(5)63-42)68-44-23-38(59-10)46(56)28(4)62-44/h13-14,28-31,33-49,55-56,58H,15-25H2,1-12H3/b26-13+/t28?,29?,30?,31?,33?,34?,35?,36?,37-,38-,39-,40-,41?,42+,43+,44+,45+,46-,47-,48-,49-,51?,52?,53?/m1/s1. The molecule has 0 aromatic heterocycles. The second-order valence-corrected chi connectivity index (χ2v) is 22.3. The van der Waals surface area contributed by atoms with Crippen molar-refractivity contribution >= 4 is 11.8 Å². The highest BCUT2D eigenvalue weighted by Gasteiger charge is 2.71. The van der Waals surface area contributed by atoms with Crippen LogP contribution < -0.4 is 0 Å². The summed E-state index contributed by atoms with van der Waals surface area (Å²) >= 11 is 0. The Kier molecular flexibility index (Phi) is 16.9. The van der Waals surface area contributed by atoms with Gasteiger partial charge in [-0.2, -0.15) is 0 Å². The number of fused-ring (bicyclic) bond motifs is 5. The monoisotopic (exact) mass is 993 g/mol. The van der Waals surface area contributed by atoms with Gasteiger partial charge in [0.15, 0.2) is 25.2 Å². The third-order valence-corrected chi connectivity index (χ3v) is 18.5. The van der Waals surface area contributed by atoms with Gasteiger partial charge >= 0.3 is 5.97 Å². The maximum Gasteiger partial charge on any atom is 0.333 e. The van der Waals surface area contributed by atoms with E-state index in [-0.39, 0.29) is 47.6 Å². The van der Waals surface area contributed by atoms with Crippen LogP contribution in [0.4, 0.5) is 0 Å². The molecule has 8 aliphatic rings. The fourth-order valence-corrected chi connectivity index (χ4v) is 14.2. The van der Waals surface area contributed by atoms with Gasteiger partial charge in [-0.25, -0.2) is 4.79 Å². The molecule has 0 aromatic rings. The average Bonchev–Trinajstić information content (AvgIpc) is 3.61. The van der Waals surface area contributed by atoms with E-state index in [2.05, 4.69) is 13.0 Å². The number of hydrogen-bond donors (Lipinski definition) is 3. The Balaban J connectivity index is 0.850. The quantitative estimate of drug-likeness (QED) is 0.110. The van der Waals surface area contributed by atoms with Gasteiger partial charge < -0.3 is 72.2 Å². The van der Waals surface area contributed by atoms with Gasteiger partial charge in [0.25, 0.3) is 0 Å². The van der Waals surface area contributed by atoms with E-state index in [0.717, 1.165) is 19.3 Å². The Labute approximate surface area is 414 Å². The van der Waals surface area contributed by atoms with Gasteiger partial charge in [-0.3, -0.25) is 4.79 Å². The SMILES string of the molecule is C/C=C(\C)C(=O)OC1CC2C(CC=C3CC(O[C@H]4C[C@@H](OC)[C@H](O[C@H]5C[C@@H](OC)[C@H](O[C@H]6C[C@@H](O)[C@H](O[C@H]7C[C@@H](OC)[C@H](O)C(C)O7)C(C)O6)C(C)O5)C(C)O4)CCC32C)C2(O)CCC(C(C)=O)C12C. The number of rotatable bonds is 14. The first-order valence-electron chi connectivity index (χ1n) is 26.1. The van der Waals surface area contributed by atoms with Crippen LogP contribution in [0.25, 0.3) is 0 Å². The third kappa shape index (κ3) is 10.1. The fourth-order valence-electron chi connectivity index (χ4n) is 14.2. The molecule has 0 spiro atoms. The van der Waals surface area contributed by atoms with Crippen molar-refractivity contribution in [2.75, 3.05) is 21.3 Å². The lowest BCUT2D eigenvalue weighted by Crippen LogP contribution is -2.66. The predicted octanol–water partition coefficient (Wildman–Crippen LogP) is 5.60. The number of ketones is 1. The molecule has 17 heteroatoms. The van der Waals surface area contributed by atoms with E-state index in [1.165, 1.54) is 5.57 Å². The van der Waals surface area contributed by atoms with Crippen LogP contribution in [0.1, 0.15) is 133 Å². The summed E-state index contributed by atoms with van der Waals surface area (Å²) in [6.07, 6.45) is 0.405. The first-order valence-corrected chi connectivity index (χ1v) is 26.1. The number of allylic oxidation sites excluding steroid dienone is 2. The zero-order chi connectivity index (χ0) is 50.6. The van der Waals surface area contributed by atoms with Crippen molar-refractivity contribution in [1.82, 2.24) is 0 Å². The van der Waals surface area contributed by atoms with Gasteiger partial charge in [0.05, 0.1) is 60.5 Å². The van der Waals surface area contributed by atoms with Crippen molar-refractivity contribution in [2.24, 2.45) is 28.6 Å². The molecule has 3 saturated carbocycles. The molecular weight excluding hydrogens is 909 g/mol. The maximum atomic E-state index is 13.3. The summed E-state index contributed by atoms with van der Waals surface area (Å²) in [5.74, 6) is -0.738. The minimum absolute atomic E-state index is 0.0387. The first-order chi connectivity index (χ1) is 33.2. The number of esters is 1. The Bertz CT molecular complexity index is 1880. The smallest absolute Gasteiger partial charge is 0.333 e. The minimum Gasteiger partial charge on any atom is -0.458 e. The van der Waals surface area contributed by atoms with Gasteiger partial charge in [0, 0.05) is 63.9 Å². The highest BCUT2D eigenvalue weighted by molar-refractivity contribution is 5.88. The molecule has 7 fully saturated rings. The van der Waals surface area contributed by atoms with Crippen LogP contribution in [-0.2, 0) is 66.4 Å². The van der Waals surface area contributed by atoms with Crippen molar-refractivity contribution < 1.29 is 81.8 Å². The van der Waals surface area contributed by atoms with E-state index < -0.39 is 115 Å². The van der Waals surface area contributed by atoms with E-state index in [1.54, 1.807) is 48.2 Å². The van der Waals surface area contributed by atoms with Gasteiger partial charge in [-0.15, -0.1) is 0 Å². The van der Waals surface area contributed by atoms with Crippen LogP contribution in [0, 0.1) is 28.6 Å². The highest BCUT2D eigenvalue weighted by atomic mass is 16.8. The summed E-state index contributed by atoms with van der Waals surface area (Å²) in [4.78, 5) is 26.5. The molecule has 4 aliphatic heterocycles. The molecule has 398 valence electrons. The van der Waals surface area contributed by atoms with Crippen LogP contribution >= 0.6 is 0 Å². The number of carbonyl (C=O) groups excluding carboxylic acids is 2.